The van der Waals surface area contributed by atoms with Crippen LogP contribution >= 0.6 is 0 Å². The summed E-state index contributed by atoms with van der Waals surface area (Å²) in [7, 11) is -1.20. The molecule has 0 radical (unpaired) electrons. The molecule has 0 aliphatic heterocycles. The highest BCUT2D eigenvalue weighted by Gasteiger charge is 2.15. The molecule has 1 saturated carbocycles. The second-order valence-corrected chi connectivity index (χ2v) is 6.89. The predicted molar refractivity (Wildman–Crippen MR) is 71.5 cm³/mol. The zero-order chi connectivity index (χ0) is 12.6. The SMILES string of the molecule is CNCCCS(=O)(=O)NCCCC1CCCC1. The molecule has 0 aromatic carbocycles. The molecule has 0 amide bonds. The van der Waals surface area contributed by atoms with Crippen LogP contribution in [0.25, 0.3) is 0 Å². The van der Waals surface area contributed by atoms with Gasteiger partial charge in [0.1, 0.15) is 0 Å². The van der Waals surface area contributed by atoms with Crippen LogP contribution in [0, 0.1) is 5.92 Å². The van der Waals surface area contributed by atoms with Gasteiger partial charge in [0.15, 0.2) is 0 Å². The Balaban J connectivity index is 2.03. The second kappa shape index (κ2) is 8.06. The van der Waals surface area contributed by atoms with Crippen LogP contribution < -0.4 is 10.0 Å². The first-order chi connectivity index (χ1) is 8.14. The largest absolute Gasteiger partial charge is 0.320 e. The minimum atomic E-state index is -3.04. The van der Waals surface area contributed by atoms with E-state index >= 15 is 0 Å². The van der Waals surface area contributed by atoms with Crippen molar-refractivity contribution in [1.82, 2.24) is 10.0 Å². The Labute approximate surface area is 106 Å². The second-order valence-electron chi connectivity index (χ2n) is 4.96. The molecule has 1 aliphatic rings. The van der Waals surface area contributed by atoms with E-state index in [-0.39, 0.29) is 5.75 Å². The molecule has 2 N–H and O–H groups in total. The first-order valence-corrected chi connectivity index (χ1v) is 8.41. The maximum absolute atomic E-state index is 11.6. The average molecular weight is 262 g/mol. The molecule has 0 saturated heterocycles. The molecular weight excluding hydrogens is 236 g/mol. The summed E-state index contributed by atoms with van der Waals surface area (Å²) in [4.78, 5) is 0. The highest BCUT2D eigenvalue weighted by atomic mass is 32.2. The van der Waals surface area contributed by atoms with Crippen LogP contribution in [0.5, 0.6) is 0 Å². The maximum atomic E-state index is 11.6. The van der Waals surface area contributed by atoms with Gasteiger partial charge in [0.2, 0.25) is 10.0 Å². The molecule has 0 bridgehead atoms. The highest BCUT2D eigenvalue weighted by molar-refractivity contribution is 7.89. The monoisotopic (exact) mass is 262 g/mol. The molecule has 0 unspecified atom stereocenters. The van der Waals surface area contributed by atoms with Crippen molar-refractivity contribution >= 4 is 10.0 Å². The van der Waals surface area contributed by atoms with Gasteiger partial charge in [-0.1, -0.05) is 25.7 Å². The Morgan fingerprint density at radius 3 is 2.47 bits per heavy atom. The lowest BCUT2D eigenvalue weighted by molar-refractivity contribution is 0.480. The van der Waals surface area contributed by atoms with Gasteiger partial charge >= 0.3 is 0 Å². The van der Waals surface area contributed by atoms with E-state index in [1.165, 1.54) is 32.1 Å². The molecule has 0 aromatic heterocycles. The summed E-state index contributed by atoms with van der Waals surface area (Å²) in [5.41, 5.74) is 0. The lowest BCUT2D eigenvalue weighted by atomic mass is 10.0. The zero-order valence-electron chi connectivity index (χ0n) is 10.9. The summed E-state index contributed by atoms with van der Waals surface area (Å²) in [6.45, 7) is 1.36. The van der Waals surface area contributed by atoms with E-state index in [9.17, 15) is 8.42 Å². The summed E-state index contributed by atoms with van der Waals surface area (Å²) >= 11 is 0. The number of hydrogen-bond donors (Lipinski definition) is 2. The Hall–Kier alpha value is -0.130. The minimum absolute atomic E-state index is 0.233. The van der Waals surface area contributed by atoms with E-state index in [4.69, 9.17) is 0 Å². The van der Waals surface area contributed by atoms with Gasteiger partial charge in [-0.05, 0) is 38.8 Å². The Morgan fingerprint density at radius 1 is 1.12 bits per heavy atom. The lowest BCUT2D eigenvalue weighted by Crippen LogP contribution is -2.28. The molecule has 102 valence electrons. The normalized spacial score (nSPS) is 17.7. The Morgan fingerprint density at radius 2 is 1.82 bits per heavy atom. The maximum Gasteiger partial charge on any atom is 0.211 e. The zero-order valence-corrected chi connectivity index (χ0v) is 11.7. The fourth-order valence-electron chi connectivity index (χ4n) is 2.43. The third kappa shape index (κ3) is 7.01. The van der Waals surface area contributed by atoms with Gasteiger partial charge in [0.05, 0.1) is 5.75 Å². The van der Waals surface area contributed by atoms with Crippen LogP contribution in [0.15, 0.2) is 0 Å². The van der Waals surface area contributed by atoms with Crippen LogP contribution in [0.1, 0.15) is 44.9 Å². The van der Waals surface area contributed by atoms with Crippen LogP contribution in [-0.2, 0) is 10.0 Å². The van der Waals surface area contributed by atoms with E-state index in [0.29, 0.717) is 13.0 Å². The van der Waals surface area contributed by atoms with E-state index in [2.05, 4.69) is 10.0 Å². The van der Waals surface area contributed by atoms with Crippen molar-refractivity contribution in [3.63, 3.8) is 0 Å². The molecule has 1 rings (SSSR count). The molecule has 1 fully saturated rings. The van der Waals surface area contributed by atoms with E-state index in [1.54, 1.807) is 0 Å². The first-order valence-electron chi connectivity index (χ1n) is 6.76. The van der Waals surface area contributed by atoms with Gasteiger partial charge in [0.25, 0.3) is 0 Å². The molecule has 17 heavy (non-hydrogen) atoms. The lowest BCUT2D eigenvalue weighted by Gasteiger charge is -2.09. The van der Waals surface area contributed by atoms with Crippen molar-refractivity contribution in [2.24, 2.45) is 5.92 Å². The quantitative estimate of drug-likeness (QED) is 0.619. The molecular formula is C12H26N2O2S. The fraction of sp³-hybridized carbons (Fsp3) is 1.00. The van der Waals surface area contributed by atoms with Crippen LogP contribution in [0.4, 0.5) is 0 Å². The number of nitrogens with one attached hydrogen (secondary N) is 2. The van der Waals surface area contributed by atoms with Crippen LogP contribution in [0.3, 0.4) is 0 Å². The topological polar surface area (TPSA) is 58.2 Å². The highest BCUT2D eigenvalue weighted by Crippen LogP contribution is 2.28. The summed E-state index contributed by atoms with van der Waals surface area (Å²) in [5, 5.41) is 2.95. The molecule has 1 aliphatic carbocycles. The van der Waals surface area contributed by atoms with Gasteiger partial charge in [-0.25, -0.2) is 13.1 Å². The predicted octanol–water partition coefficient (Wildman–Crippen LogP) is 1.49. The number of rotatable bonds is 9. The average Bonchev–Trinajstić information content (AvgIpc) is 2.77. The Bertz CT molecular complexity index is 285. The molecule has 5 heteroatoms. The molecule has 0 spiro atoms. The summed E-state index contributed by atoms with van der Waals surface area (Å²) < 4.78 is 25.8. The van der Waals surface area contributed by atoms with Crippen molar-refractivity contribution < 1.29 is 8.42 Å². The summed E-state index contributed by atoms with van der Waals surface area (Å²) in [6, 6.07) is 0. The van der Waals surface area contributed by atoms with Gasteiger partial charge in [-0.3, -0.25) is 0 Å². The van der Waals surface area contributed by atoms with Crippen molar-refractivity contribution in [3.8, 4) is 0 Å². The summed E-state index contributed by atoms with van der Waals surface area (Å²) in [6.07, 6.45) is 8.24. The smallest absolute Gasteiger partial charge is 0.211 e. The minimum Gasteiger partial charge on any atom is -0.320 e. The Kier molecular flexibility index (Phi) is 7.08. The van der Waals surface area contributed by atoms with Crippen LogP contribution in [-0.4, -0.2) is 34.3 Å². The van der Waals surface area contributed by atoms with Gasteiger partial charge < -0.3 is 5.32 Å². The van der Waals surface area contributed by atoms with Crippen molar-refractivity contribution in [2.45, 2.75) is 44.9 Å². The molecule has 0 atom stereocenters. The fourth-order valence-corrected chi connectivity index (χ4v) is 3.55. The molecule has 0 aromatic rings. The third-order valence-corrected chi connectivity index (χ3v) is 4.90. The molecule has 0 heterocycles. The molecule has 4 nitrogen and oxygen atoms in total. The van der Waals surface area contributed by atoms with Crippen molar-refractivity contribution in [2.75, 3.05) is 25.9 Å². The standard InChI is InChI=1S/C12H26N2O2S/c1-13-9-5-11-17(15,16)14-10-4-8-12-6-2-3-7-12/h12-14H,2-11H2,1H3. The van der Waals surface area contributed by atoms with E-state index in [1.807, 2.05) is 7.05 Å². The number of sulfonamides is 1. The van der Waals surface area contributed by atoms with Crippen molar-refractivity contribution in [1.29, 1.82) is 0 Å². The first kappa shape index (κ1) is 14.9. The van der Waals surface area contributed by atoms with Gasteiger partial charge in [0, 0.05) is 6.54 Å². The summed E-state index contributed by atoms with van der Waals surface area (Å²) in [5.74, 6) is 1.08. The van der Waals surface area contributed by atoms with Crippen molar-refractivity contribution in [3.05, 3.63) is 0 Å². The van der Waals surface area contributed by atoms with Gasteiger partial charge in [-0.2, -0.15) is 0 Å². The van der Waals surface area contributed by atoms with E-state index in [0.717, 1.165) is 18.9 Å². The third-order valence-electron chi connectivity index (χ3n) is 3.43. The van der Waals surface area contributed by atoms with Gasteiger partial charge in [-0.15, -0.1) is 0 Å². The van der Waals surface area contributed by atoms with E-state index < -0.39 is 10.0 Å². The number of hydrogen-bond acceptors (Lipinski definition) is 3. The van der Waals surface area contributed by atoms with Crippen LogP contribution in [0.2, 0.25) is 0 Å².